The van der Waals surface area contributed by atoms with Gasteiger partial charge in [0.15, 0.2) is 5.75 Å². The summed E-state index contributed by atoms with van der Waals surface area (Å²) in [5, 5.41) is 2.96. The molecule has 0 radical (unpaired) electrons. The van der Waals surface area contributed by atoms with Gasteiger partial charge in [0.1, 0.15) is 6.54 Å². The van der Waals surface area contributed by atoms with Crippen molar-refractivity contribution in [2.24, 2.45) is 0 Å². The van der Waals surface area contributed by atoms with Crippen molar-refractivity contribution in [1.82, 2.24) is 9.47 Å². The number of aromatic nitrogens is 1. The summed E-state index contributed by atoms with van der Waals surface area (Å²) >= 11 is 0. The highest BCUT2D eigenvalue weighted by molar-refractivity contribution is 5.91. The van der Waals surface area contributed by atoms with Crippen LogP contribution in [-0.4, -0.2) is 48.8 Å². The minimum atomic E-state index is -0.184. The van der Waals surface area contributed by atoms with Gasteiger partial charge in [-0.05, 0) is 25.5 Å². The summed E-state index contributed by atoms with van der Waals surface area (Å²) in [6, 6.07) is 7.46. The van der Waals surface area contributed by atoms with Gasteiger partial charge in [-0.2, -0.15) is 0 Å². The lowest BCUT2D eigenvalue weighted by molar-refractivity contribution is -0.116. The number of carbonyl (C=O) groups is 1. The minimum Gasteiger partial charge on any atom is -0.491 e. The van der Waals surface area contributed by atoms with Crippen LogP contribution in [-0.2, 0) is 22.6 Å². The molecule has 1 aliphatic heterocycles. The molecule has 1 amide bonds. The zero-order chi connectivity index (χ0) is 20.1. The SMILES string of the molecule is COc1cn(CC(=O)Nc2ccc(C)cc2C)c(CN2CCOCC2)cc1=O. The molecule has 2 aromatic rings. The van der Waals surface area contributed by atoms with E-state index in [2.05, 4.69) is 10.2 Å². The molecule has 0 unspecified atom stereocenters. The Bertz CT molecular complexity index is 901. The van der Waals surface area contributed by atoms with E-state index in [0.717, 1.165) is 35.6 Å². The van der Waals surface area contributed by atoms with Crippen LogP contribution in [0.2, 0.25) is 0 Å². The number of nitrogens with zero attached hydrogens (tertiary/aromatic N) is 2. The van der Waals surface area contributed by atoms with E-state index < -0.39 is 0 Å². The van der Waals surface area contributed by atoms with Crippen LogP contribution in [0.5, 0.6) is 5.75 Å². The first kappa shape index (κ1) is 20.1. The molecule has 3 rings (SSSR count). The maximum atomic E-state index is 12.7. The predicted molar refractivity (Wildman–Crippen MR) is 108 cm³/mol. The molecule has 1 saturated heterocycles. The van der Waals surface area contributed by atoms with Gasteiger partial charge in [-0.25, -0.2) is 0 Å². The molecule has 1 aromatic carbocycles. The Kier molecular flexibility index (Phi) is 6.49. The van der Waals surface area contributed by atoms with Crippen molar-refractivity contribution < 1.29 is 14.3 Å². The molecule has 0 spiro atoms. The average Bonchev–Trinajstić information content (AvgIpc) is 2.67. The Morgan fingerprint density at radius 2 is 1.96 bits per heavy atom. The zero-order valence-electron chi connectivity index (χ0n) is 16.7. The van der Waals surface area contributed by atoms with Gasteiger partial charge in [0, 0.05) is 37.1 Å². The lowest BCUT2D eigenvalue weighted by atomic mass is 10.1. The first-order chi connectivity index (χ1) is 13.5. The largest absolute Gasteiger partial charge is 0.491 e. The molecule has 0 aliphatic carbocycles. The van der Waals surface area contributed by atoms with Gasteiger partial charge in [0.25, 0.3) is 0 Å². The van der Waals surface area contributed by atoms with E-state index in [1.54, 1.807) is 16.8 Å². The van der Waals surface area contributed by atoms with E-state index in [9.17, 15) is 9.59 Å². The van der Waals surface area contributed by atoms with Crippen LogP contribution in [0.1, 0.15) is 16.8 Å². The van der Waals surface area contributed by atoms with Crippen LogP contribution in [0.25, 0.3) is 0 Å². The molecule has 1 fully saturated rings. The maximum Gasteiger partial charge on any atom is 0.244 e. The van der Waals surface area contributed by atoms with Gasteiger partial charge < -0.3 is 19.4 Å². The number of amides is 1. The zero-order valence-corrected chi connectivity index (χ0v) is 16.7. The number of hydrogen-bond donors (Lipinski definition) is 1. The van der Waals surface area contributed by atoms with Crippen LogP contribution in [0.15, 0.2) is 35.3 Å². The van der Waals surface area contributed by atoms with E-state index >= 15 is 0 Å². The molecule has 28 heavy (non-hydrogen) atoms. The third-order valence-electron chi connectivity index (χ3n) is 4.86. The fourth-order valence-electron chi connectivity index (χ4n) is 3.32. The van der Waals surface area contributed by atoms with E-state index in [1.165, 1.54) is 7.11 Å². The monoisotopic (exact) mass is 385 g/mol. The third kappa shape index (κ3) is 4.99. The molecule has 0 saturated carbocycles. The molecule has 2 heterocycles. The number of methoxy groups -OCH3 is 1. The van der Waals surface area contributed by atoms with Crippen LogP contribution in [0, 0.1) is 13.8 Å². The molecule has 0 bridgehead atoms. The summed E-state index contributed by atoms with van der Waals surface area (Å²) in [5.74, 6) is 0.0749. The summed E-state index contributed by atoms with van der Waals surface area (Å²) in [4.78, 5) is 27.1. The van der Waals surface area contributed by atoms with Crippen molar-refractivity contribution in [1.29, 1.82) is 0 Å². The van der Waals surface area contributed by atoms with Gasteiger partial charge in [0.2, 0.25) is 11.3 Å². The standard InChI is InChI=1S/C21H27N3O4/c1-15-4-5-18(16(2)10-15)22-21(26)14-24-13-20(27-3)19(25)11-17(24)12-23-6-8-28-9-7-23/h4-5,10-11,13H,6-9,12,14H2,1-3H3,(H,22,26). The fraction of sp³-hybridized carbons (Fsp3) is 0.429. The normalized spacial score (nSPS) is 14.7. The van der Waals surface area contributed by atoms with Gasteiger partial charge >= 0.3 is 0 Å². The number of nitrogens with one attached hydrogen (secondary N) is 1. The van der Waals surface area contributed by atoms with E-state index in [1.807, 2.05) is 32.0 Å². The Labute approximate surface area is 164 Å². The van der Waals surface area contributed by atoms with Gasteiger partial charge in [-0.15, -0.1) is 0 Å². The Balaban J connectivity index is 1.80. The lowest BCUT2D eigenvalue weighted by Gasteiger charge is -2.27. The van der Waals surface area contributed by atoms with Crippen LogP contribution < -0.4 is 15.5 Å². The molecule has 150 valence electrons. The second kappa shape index (κ2) is 9.03. The minimum absolute atomic E-state index is 0.101. The number of ether oxygens (including phenoxy) is 2. The number of anilines is 1. The molecule has 1 aromatic heterocycles. The third-order valence-corrected chi connectivity index (χ3v) is 4.86. The van der Waals surface area contributed by atoms with Crippen molar-refractivity contribution >= 4 is 11.6 Å². The average molecular weight is 385 g/mol. The lowest BCUT2D eigenvalue weighted by Crippen LogP contribution is -2.37. The highest BCUT2D eigenvalue weighted by Gasteiger charge is 2.16. The molecule has 1 aliphatic rings. The van der Waals surface area contributed by atoms with Crippen molar-refractivity contribution in [2.45, 2.75) is 26.9 Å². The van der Waals surface area contributed by atoms with Crippen molar-refractivity contribution in [3.63, 3.8) is 0 Å². The van der Waals surface area contributed by atoms with Crippen molar-refractivity contribution in [2.75, 3.05) is 38.7 Å². The number of rotatable bonds is 6. The van der Waals surface area contributed by atoms with E-state index in [4.69, 9.17) is 9.47 Å². The fourth-order valence-corrected chi connectivity index (χ4v) is 3.32. The van der Waals surface area contributed by atoms with Crippen molar-refractivity contribution in [3.8, 4) is 5.75 Å². The molecule has 1 N–H and O–H groups in total. The first-order valence-electron chi connectivity index (χ1n) is 9.41. The quantitative estimate of drug-likeness (QED) is 0.823. The summed E-state index contributed by atoms with van der Waals surface area (Å²) in [6.45, 7) is 7.62. The maximum absolute atomic E-state index is 12.7. The molecular formula is C21H27N3O4. The molecular weight excluding hydrogens is 358 g/mol. The number of aryl methyl sites for hydroxylation is 2. The topological polar surface area (TPSA) is 72.8 Å². The smallest absolute Gasteiger partial charge is 0.244 e. The highest BCUT2D eigenvalue weighted by atomic mass is 16.5. The number of morpholine rings is 1. The Morgan fingerprint density at radius 1 is 1.21 bits per heavy atom. The Hall–Kier alpha value is -2.64. The highest BCUT2D eigenvalue weighted by Crippen LogP contribution is 2.17. The summed E-state index contributed by atoms with van der Waals surface area (Å²) < 4.78 is 12.3. The number of benzene rings is 1. The number of pyridine rings is 1. The molecule has 0 atom stereocenters. The predicted octanol–water partition coefficient (Wildman–Crippen LogP) is 1.94. The Morgan fingerprint density at radius 3 is 2.64 bits per heavy atom. The van der Waals surface area contributed by atoms with E-state index in [0.29, 0.717) is 19.8 Å². The molecule has 7 heteroatoms. The van der Waals surface area contributed by atoms with Crippen molar-refractivity contribution in [3.05, 3.63) is 57.5 Å². The summed E-state index contributed by atoms with van der Waals surface area (Å²) in [5.41, 5.74) is 3.55. The summed E-state index contributed by atoms with van der Waals surface area (Å²) in [6.07, 6.45) is 1.61. The second-order valence-corrected chi connectivity index (χ2v) is 7.08. The number of hydrogen-bond acceptors (Lipinski definition) is 5. The summed E-state index contributed by atoms with van der Waals surface area (Å²) in [7, 11) is 1.46. The van der Waals surface area contributed by atoms with Gasteiger partial charge in [-0.1, -0.05) is 17.7 Å². The van der Waals surface area contributed by atoms with Gasteiger partial charge in [-0.3, -0.25) is 14.5 Å². The number of carbonyl (C=O) groups excluding carboxylic acids is 1. The van der Waals surface area contributed by atoms with E-state index in [-0.39, 0.29) is 23.6 Å². The second-order valence-electron chi connectivity index (χ2n) is 7.08. The van der Waals surface area contributed by atoms with Gasteiger partial charge in [0.05, 0.1) is 26.5 Å². The van der Waals surface area contributed by atoms with Crippen LogP contribution in [0.3, 0.4) is 0 Å². The first-order valence-corrected chi connectivity index (χ1v) is 9.41. The molecule has 7 nitrogen and oxygen atoms in total. The van der Waals surface area contributed by atoms with Crippen LogP contribution in [0.4, 0.5) is 5.69 Å². The van der Waals surface area contributed by atoms with Crippen LogP contribution >= 0.6 is 0 Å².